The van der Waals surface area contributed by atoms with Crippen LogP contribution in [0.3, 0.4) is 0 Å². The van der Waals surface area contributed by atoms with Crippen molar-refractivity contribution in [3.05, 3.63) is 151 Å². The molecule has 0 bridgehead atoms. The van der Waals surface area contributed by atoms with E-state index in [4.69, 9.17) is 9.97 Å². The molecule has 12 rings (SSSR count). The SMILES string of the molecule is CC1(C)c2ccccc2-c2ccc(-c3nc4ccccc4nc3-n3c4cccc5c4c4c6c(ccc7ccc8cccc-5c8c76)ccc43)cc21. The molecule has 8 aromatic carbocycles. The van der Waals surface area contributed by atoms with Gasteiger partial charge in [-0.2, -0.15) is 0 Å². The Morgan fingerprint density at radius 2 is 1.04 bits per heavy atom. The Labute approximate surface area is 288 Å². The minimum absolute atomic E-state index is 0.121. The summed E-state index contributed by atoms with van der Waals surface area (Å²) in [6, 6.07) is 51.3. The van der Waals surface area contributed by atoms with E-state index in [0.29, 0.717) is 0 Å². The van der Waals surface area contributed by atoms with Crippen LogP contribution in [0.15, 0.2) is 140 Å². The minimum atomic E-state index is -0.121. The quantitative estimate of drug-likeness (QED) is 0.177. The highest BCUT2D eigenvalue weighted by atomic mass is 15.1. The van der Waals surface area contributed by atoms with E-state index >= 15 is 0 Å². The molecule has 0 fully saturated rings. The summed E-state index contributed by atoms with van der Waals surface area (Å²) in [7, 11) is 0. The summed E-state index contributed by atoms with van der Waals surface area (Å²) >= 11 is 0. The molecule has 0 N–H and O–H groups in total. The molecule has 3 heteroatoms. The van der Waals surface area contributed by atoms with Crippen LogP contribution < -0.4 is 0 Å². The summed E-state index contributed by atoms with van der Waals surface area (Å²) in [5.74, 6) is 0.854. The maximum Gasteiger partial charge on any atom is 0.165 e. The number of aromatic nitrogens is 3. The predicted molar refractivity (Wildman–Crippen MR) is 208 cm³/mol. The van der Waals surface area contributed by atoms with Gasteiger partial charge in [-0.05, 0) is 90.6 Å². The summed E-state index contributed by atoms with van der Waals surface area (Å²) in [6.45, 7) is 4.68. The van der Waals surface area contributed by atoms with Crippen molar-refractivity contribution in [2.24, 2.45) is 0 Å². The van der Waals surface area contributed by atoms with Crippen molar-refractivity contribution in [3.8, 4) is 39.3 Å². The Bertz CT molecular complexity index is 3170. The van der Waals surface area contributed by atoms with Gasteiger partial charge in [-0.15, -0.1) is 0 Å². The number of hydrogen-bond donors (Lipinski definition) is 0. The third-order valence-corrected chi connectivity index (χ3v) is 11.7. The molecule has 50 heavy (non-hydrogen) atoms. The lowest BCUT2D eigenvalue weighted by atomic mass is 9.82. The highest BCUT2D eigenvalue weighted by molar-refractivity contribution is 6.38. The molecule has 3 nitrogen and oxygen atoms in total. The van der Waals surface area contributed by atoms with Gasteiger partial charge in [0, 0.05) is 27.1 Å². The molecule has 0 spiro atoms. The molecule has 2 aliphatic rings. The van der Waals surface area contributed by atoms with Gasteiger partial charge in [-0.3, -0.25) is 4.57 Å². The molecular formula is C47H29N3. The molecule has 0 radical (unpaired) electrons. The minimum Gasteiger partial charge on any atom is -0.292 e. The number of rotatable bonds is 2. The fourth-order valence-corrected chi connectivity index (χ4v) is 9.43. The fraction of sp³-hybridized carbons (Fsp3) is 0.0638. The number of benzene rings is 8. The molecule has 2 heterocycles. The predicted octanol–water partition coefficient (Wildman–Crippen LogP) is 12.1. The maximum absolute atomic E-state index is 5.49. The van der Waals surface area contributed by atoms with E-state index in [0.717, 1.165) is 39.1 Å². The lowest BCUT2D eigenvalue weighted by molar-refractivity contribution is 0.660. The van der Waals surface area contributed by atoms with Crippen LogP contribution in [0.2, 0.25) is 0 Å². The normalized spacial score (nSPS) is 14.0. The molecule has 0 aliphatic heterocycles. The van der Waals surface area contributed by atoms with Crippen LogP contribution in [0.1, 0.15) is 25.0 Å². The van der Waals surface area contributed by atoms with E-state index in [1.165, 1.54) is 76.5 Å². The van der Waals surface area contributed by atoms with Crippen molar-refractivity contribution in [2.75, 3.05) is 0 Å². The largest absolute Gasteiger partial charge is 0.292 e. The first kappa shape index (κ1) is 26.6. The third kappa shape index (κ3) is 3.16. The Kier molecular flexibility index (Phi) is 4.80. The highest BCUT2D eigenvalue weighted by Gasteiger charge is 2.36. The van der Waals surface area contributed by atoms with Crippen molar-refractivity contribution in [2.45, 2.75) is 19.3 Å². The highest BCUT2D eigenvalue weighted by Crippen LogP contribution is 2.52. The summed E-state index contributed by atoms with van der Waals surface area (Å²) in [5.41, 5.74) is 13.8. The molecular weight excluding hydrogens is 607 g/mol. The standard InChI is InChI=1S/C47H29N3/c1-47(2)34-13-4-3-10-30(34)31-23-21-29(25-35(31)47)45-46(49-37-15-6-5-14-36(37)48-45)50-38-16-8-12-33-32-11-7-9-26-17-18-27-19-20-28-22-24-39(50)44(43(33)38)42(28)41(27)40(26)32/h3-25H,1-2H3. The van der Waals surface area contributed by atoms with Gasteiger partial charge in [-0.25, -0.2) is 9.97 Å². The van der Waals surface area contributed by atoms with E-state index < -0.39 is 0 Å². The van der Waals surface area contributed by atoms with E-state index in [2.05, 4.69) is 158 Å². The van der Waals surface area contributed by atoms with Crippen LogP contribution in [0, 0.1) is 0 Å². The number of fused-ring (bicyclic) bond motifs is 5. The number of para-hydroxylation sites is 2. The van der Waals surface area contributed by atoms with Crippen LogP contribution in [0.25, 0.3) is 104 Å². The summed E-state index contributed by atoms with van der Waals surface area (Å²) in [5, 5.41) is 10.4. The van der Waals surface area contributed by atoms with Crippen LogP contribution in [-0.2, 0) is 5.41 Å². The van der Waals surface area contributed by atoms with Gasteiger partial charge in [0.25, 0.3) is 0 Å². The topological polar surface area (TPSA) is 30.7 Å². The second-order valence-electron chi connectivity index (χ2n) is 14.5. The van der Waals surface area contributed by atoms with E-state index in [-0.39, 0.29) is 5.41 Å². The first-order valence-electron chi connectivity index (χ1n) is 17.4. The number of hydrogen-bond acceptors (Lipinski definition) is 2. The summed E-state index contributed by atoms with van der Waals surface area (Å²) in [4.78, 5) is 10.9. The molecule has 2 aliphatic carbocycles. The monoisotopic (exact) mass is 635 g/mol. The lowest BCUT2D eigenvalue weighted by Gasteiger charge is -2.22. The first-order valence-corrected chi connectivity index (χ1v) is 17.4. The summed E-state index contributed by atoms with van der Waals surface area (Å²) in [6.07, 6.45) is 0. The van der Waals surface area contributed by atoms with Gasteiger partial charge >= 0.3 is 0 Å². The first-order chi connectivity index (χ1) is 24.6. The van der Waals surface area contributed by atoms with Gasteiger partial charge in [0.05, 0.1) is 22.1 Å². The second kappa shape index (κ2) is 9.02. The van der Waals surface area contributed by atoms with Crippen molar-refractivity contribution in [1.82, 2.24) is 14.5 Å². The molecule has 0 saturated heterocycles. The van der Waals surface area contributed by atoms with Gasteiger partial charge < -0.3 is 0 Å². The Morgan fingerprint density at radius 1 is 0.440 bits per heavy atom. The molecule has 10 aromatic rings. The molecule has 0 amide bonds. The molecule has 0 unspecified atom stereocenters. The zero-order chi connectivity index (χ0) is 32.9. The molecule has 0 saturated carbocycles. The van der Waals surface area contributed by atoms with Crippen molar-refractivity contribution >= 4 is 65.2 Å². The third-order valence-electron chi connectivity index (χ3n) is 11.7. The van der Waals surface area contributed by atoms with Crippen molar-refractivity contribution < 1.29 is 0 Å². The van der Waals surface area contributed by atoms with E-state index in [9.17, 15) is 0 Å². The van der Waals surface area contributed by atoms with Gasteiger partial charge in [-0.1, -0.05) is 123 Å². The van der Waals surface area contributed by atoms with Crippen molar-refractivity contribution in [3.63, 3.8) is 0 Å². The van der Waals surface area contributed by atoms with Crippen molar-refractivity contribution in [1.29, 1.82) is 0 Å². The zero-order valence-corrected chi connectivity index (χ0v) is 27.6. The Morgan fingerprint density at radius 3 is 1.86 bits per heavy atom. The second-order valence-corrected chi connectivity index (χ2v) is 14.5. The maximum atomic E-state index is 5.49. The summed E-state index contributed by atoms with van der Waals surface area (Å²) < 4.78 is 2.39. The van der Waals surface area contributed by atoms with Crippen LogP contribution in [0.4, 0.5) is 0 Å². The molecule has 232 valence electrons. The van der Waals surface area contributed by atoms with E-state index in [1.54, 1.807) is 0 Å². The smallest absolute Gasteiger partial charge is 0.165 e. The van der Waals surface area contributed by atoms with Gasteiger partial charge in [0.1, 0.15) is 5.69 Å². The fourth-order valence-electron chi connectivity index (χ4n) is 9.43. The average molecular weight is 636 g/mol. The molecule has 2 aromatic heterocycles. The van der Waals surface area contributed by atoms with Crippen LogP contribution in [-0.4, -0.2) is 14.5 Å². The molecule has 0 atom stereocenters. The average Bonchev–Trinajstić information content (AvgIpc) is 3.56. The van der Waals surface area contributed by atoms with Gasteiger partial charge in [0.15, 0.2) is 5.82 Å². The number of nitrogens with zero attached hydrogens (tertiary/aromatic N) is 3. The Balaban J connectivity index is 1.24. The zero-order valence-electron chi connectivity index (χ0n) is 27.6. The van der Waals surface area contributed by atoms with E-state index in [1.807, 2.05) is 0 Å². The van der Waals surface area contributed by atoms with Crippen LogP contribution in [0.5, 0.6) is 0 Å². The van der Waals surface area contributed by atoms with Crippen LogP contribution >= 0.6 is 0 Å². The van der Waals surface area contributed by atoms with Gasteiger partial charge in [0.2, 0.25) is 0 Å². The Hall–Kier alpha value is -6.32. The lowest BCUT2D eigenvalue weighted by Crippen LogP contribution is -2.15.